The Morgan fingerprint density at radius 1 is 1.29 bits per heavy atom. The molecule has 1 aliphatic carbocycles. The van der Waals surface area contributed by atoms with Gasteiger partial charge in [0.15, 0.2) is 0 Å². The van der Waals surface area contributed by atoms with Crippen LogP contribution in [0.4, 0.5) is 4.39 Å². The van der Waals surface area contributed by atoms with Gasteiger partial charge in [0, 0.05) is 12.6 Å². The van der Waals surface area contributed by atoms with Crippen molar-refractivity contribution in [1.29, 1.82) is 0 Å². The molecule has 0 heterocycles. The number of nitrogens with two attached hydrogens (primary N) is 1. The first kappa shape index (κ1) is 16.9. The van der Waals surface area contributed by atoms with E-state index in [2.05, 4.69) is 15.9 Å². The monoisotopic (exact) mass is 357 g/mol. The Balaban J connectivity index is 2.18. The van der Waals surface area contributed by atoms with E-state index in [0.29, 0.717) is 17.5 Å². The summed E-state index contributed by atoms with van der Waals surface area (Å²) < 4.78 is 20.3. The van der Waals surface area contributed by atoms with Gasteiger partial charge in [-0.3, -0.25) is 0 Å². The van der Waals surface area contributed by atoms with Gasteiger partial charge in [-0.05, 0) is 53.7 Å². The average molecular weight is 358 g/mol. The van der Waals surface area contributed by atoms with Crippen molar-refractivity contribution >= 4 is 15.9 Å². The van der Waals surface area contributed by atoms with Gasteiger partial charge in [0.1, 0.15) is 5.82 Å². The molecule has 0 bridgehead atoms. The van der Waals surface area contributed by atoms with Crippen molar-refractivity contribution in [1.82, 2.24) is 0 Å². The summed E-state index contributed by atoms with van der Waals surface area (Å²) in [6.07, 6.45) is 7.49. The maximum atomic E-state index is 13.7. The van der Waals surface area contributed by atoms with Crippen LogP contribution in [0.5, 0.6) is 0 Å². The molecule has 0 saturated heterocycles. The maximum absolute atomic E-state index is 13.7. The molecule has 4 heteroatoms. The lowest BCUT2D eigenvalue weighted by molar-refractivity contribution is -0.0683. The largest absolute Gasteiger partial charge is 0.374 e. The SMILES string of the molecule is CCOC1(C(N)Cc2cccc(F)c2Br)CCCCCC1. The predicted octanol–water partition coefficient (Wildman–Crippen LogP) is 4.59. The fraction of sp³-hybridized carbons (Fsp3) is 0.647. The van der Waals surface area contributed by atoms with Gasteiger partial charge in [-0.2, -0.15) is 0 Å². The smallest absolute Gasteiger partial charge is 0.137 e. The summed E-state index contributed by atoms with van der Waals surface area (Å²) in [5.74, 6) is -0.231. The molecule has 0 spiro atoms. The van der Waals surface area contributed by atoms with Crippen LogP contribution in [0, 0.1) is 5.82 Å². The molecule has 0 amide bonds. The van der Waals surface area contributed by atoms with Crippen molar-refractivity contribution in [2.24, 2.45) is 5.73 Å². The van der Waals surface area contributed by atoms with Crippen molar-refractivity contribution in [2.45, 2.75) is 63.5 Å². The zero-order valence-corrected chi connectivity index (χ0v) is 14.3. The average Bonchev–Trinajstić information content (AvgIpc) is 2.71. The molecular weight excluding hydrogens is 333 g/mol. The number of rotatable bonds is 5. The van der Waals surface area contributed by atoms with Gasteiger partial charge in [-0.1, -0.05) is 37.8 Å². The summed E-state index contributed by atoms with van der Waals surface area (Å²) in [5.41, 5.74) is 7.19. The molecule has 1 atom stereocenters. The van der Waals surface area contributed by atoms with E-state index in [1.165, 1.54) is 18.9 Å². The van der Waals surface area contributed by atoms with E-state index in [1.54, 1.807) is 6.07 Å². The van der Waals surface area contributed by atoms with Crippen LogP contribution in [0.1, 0.15) is 51.0 Å². The highest BCUT2D eigenvalue weighted by Crippen LogP contribution is 2.35. The number of benzene rings is 1. The Morgan fingerprint density at radius 3 is 2.57 bits per heavy atom. The second-order valence-corrected chi connectivity index (χ2v) is 6.73. The Kier molecular flexibility index (Phi) is 6.20. The molecule has 0 aliphatic heterocycles. The minimum Gasteiger partial charge on any atom is -0.374 e. The molecular formula is C17H25BrFNO. The van der Waals surface area contributed by atoms with Gasteiger partial charge in [0.25, 0.3) is 0 Å². The molecule has 1 unspecified atom stereocenters. The van der Waals surface area contributed by atoms with Gasteiger partial charge in [-0.25, -0.2) is 4.39 Å². The van der Waals surface area contributed by atoms with Crippen LogP contribution in [-0.4, -0.2) is 18.2 Å². The third-order valence-electron chi connectivity index (χ3n) is 4.53. The summed E-state index contributed by atoms with van der Waals surface area (Å²) in [6.45, 7) is 2.70. The molecule has 2 nitrogen and oxygen atoms in total. The normalized spacial score (nSPS) is 20.0. The highest BCUT2D eigenvalue weighted by molar-refractivity contribution is 9.10. The highest BCUT2D eigenvalue weighted by atomic mass is 79.9. The Hall–Kier alpha value is -0.450. The second-order valence-electron chi connectivity index (χ2n) is 5.94. The summed E-state index contributed by atoms with van der Waals surface area (Å²) in [6, 6.07) is 5.03. The van der Waals surface area contributed by atoms with Gasteiger partial charge < -0.3 is 10.5 Å². The van der Waals surface area contributed by atoms with Gasteiger partial charge in [0.2, 0.25) is 0 Å². The van der Waals surface area contributed by atoms with Crippen molar-refractivity contribution < 1.29 is 9.13 Å². The molecule has 1 aliphatic rings. The molecule has 118 valence electrons. The Labute approximate surface area is 135 Å². The molecule has 2 rings (SSSR count). The minimum atomic E-state index is -0.253. The topological polar surface area (TPSA) is 35.2 Å². The number of halogens is 2. The lowest BCUT2D eigenvalue weighted by atomic mass is 9.83. The van der Waals surface area contributed by atoms with E-state index in [4.69, 9.17) is 10.5 Å². The number of ether oxygens (including phenoxy) is 1. The van der Waals surface area contributed by atoms with E-state index in [1.807, 2.05) is 13.0 Å². The molecule has 1 fully saturated rings. The molecule has 0 aromatic heterocycles. The third-order valence-corrected chi connectivity index (χ3v) is 5.42. The van der Waals surface area contributed by atoms with Crippen LogP contribution in [0.25, 0.3) is 0 Å². The third kappa shape index (κ3) is 4.05. The summed E-state index contributed by atoms with van der Waals surface area (Å²) in [4.78, 5) is 0. The minimum absolute atomic E-state index is 0.103. The van der Waals surface area contributed by atoms with E-state index >= 15 is 0 Å². The van der Waals surface area contributed by atoms with E-state index in [0.717, 1.165) is 31.2 Å². The molecule has 1 aromatic carbocycles. The molecule has 21 heavy (non-hydrogen) atoms. The van der Waals surface area contributed by atoms with Crippen LogP contribution in [-0.2, 0) is 11.2 Å². The number of hydrogen-bond donors (Lipinski definition) is 1. The van der Waals surface area contributed by atoms with E-state index in [-0.39, 0.29) is 17.5 Å². The number of hydrogen-bond acceptors (Lipinski definition) is 2. The van der Waals surface area contributed by atoms with Crippen LogP contribution < -0.4 is 5.73 Å². The van der Waals surface area contributed by atoms with Crippen LogP contribution in [0.2, 0.25) is 0 Å². The standard InChI is InChI=1S/C17H25BrFNO/c1-2-21-17(10-5-3-4-6-11-17)15(20)12-13-8-7-9-14(19)16(13)18/h7-9,15H,2-6,10-12,20H2,1H3. The van der Waals surface area contributed by atoms with Crippen molar-refractivity contribution in [3.8, 4) is 0 Å². The maximum Gasteiger partial charge on any atom is 0.137 e. The van der Waals surface area contributed by atoms with E-state index in [9.17, 15) is 4.39 Å². The zero-order chi connectivity index (χ0) is 15.3. The molecule has 1 aromatic rings. The molecule has 2 N–H and O–H groups in total. The van der Waals surface area contributed by atoms with Gasteiger partial charge >= 0.3 is 0 Å². The van der Waals surface area contributed by atoms with Crippen molar-refractivity contribution in [3.05, 3.63) is 34.1 Å². The van der Waals surface area contributed by atoms with Crippen molar-refractivity contribution in [3.63, 3.8) is 0 Å². The second kappa shape index (κ2) is 7.70. The van der Waals surface area contributed by atoms with Crippen LogP contribution in [0.15, 0.2) is 22.7 Å². The molecule has 0 radical (unpaired) electrons. The van der Waals surface area contributed by atoms with Crippen molar-refractivity contribution in [2.75, 3.05) is 6.61 Å². The quantitative estimate of drug-likeness (QED) is 0.782. The van der Waals surface area contributed by atoms with Gasteiger partial charge in [-0.15, -0.1) is 0 Å². The highest BCUT2D eigenvalue weighted by Gasteiger charge is 2.38. The van der Waals surface area contributed by atoms with E-state index < -0.39 is 0 Å². The zero-order valence-electron chi connectivity index (χ0n) is 12.7. The lowest BCUT2D eigenvalue weighted by Gasteiger charge is -2.38. The first-order valence-electron chi connectivity index (χ1n) is 7.91. The fourth-order valence-electron chi connectivity index (χ4n) is 3.37. The Bertz CT molecular complexity index is 458. The summed E-state index contributed by atoms with van der Waals surface area (Å²) in [7, 11) is 0. The first-order chi connectivity index (χ1) is 10.1. The summed E-state index contributed by atoms with van der Waals surface area (Å²) >= 11 is 3.33. The fourth-order valence-corrected chi connectivity index (χ4v) is 3.79. The van der Waals surface area contributed by atoms with Crippen LogP contribution >= 0.6 is 15.9 Å². The Morgan fingerprint density at radius 2 is 1.95 bits per heavy atom. The predicted molar refractivity (Wildman–Crippen MR) is 87.8 cm³/mol. The lowest BCUT2D eigenvalue weighted by Crippen LogP contribution is -2.51. The van der Waals surface area contributed by atoms with Crippen LogP contribution in [0.3, 0.4) is 0 Å². The van der Waals surface area contributed by atoms with Gasteiger partial charge in [0.05, 0.1) is 10.1 Å². The first-order valence-corrected chi connectivity index (χ1v) is 8.71. The molecule has 1 saturated carbocycles. The summed E-state index contributed by atoms with van der Waals surface area (Å²) in [5, 5.41) is 0.